The van der Waals surface area contributed by atoms with E-state index in [-0.39, 0.29) is 5.78 Å². The molecule has 2 aromatic rings. The van der Waals surface area contributed by atoms with E-state index in [1.54, 1.807) is 0 Å². The fraction of sp³-hybridized carbons (Fsp3) is 0.278. The van der Waals surface area contributed by atoms with Gasteiger partial charge in [-0.15, -0.1) is 0 Å². The van der Waals surface area contributed by atoms with Gasteiger partial charge in [0, 0.05) is 12.0 Å². The zero-order chi connectivity index (χ0) is 13.7. The number of carbonyl (C=O) groups is 1. The predicted octanol–water partition coefficient (Wildman–Crippen LogP) is 4.37. The third kappa shape index (κ3) is 3.78. The van der Waals surface area contributed by atoms with E-state index in [1.807, 2.05) is 24.3 Å². The number of Topliss-reactive ketones (excluding diaryl/α,β-unsaturated/α-hetero) is 1. The zero-order valence-corrected chi connectivity index (χ0v) is 11.6. The Labute approximate surface area is 115 Å². The van der Waals surface area contributed by atoms with Gasteiger partial charge in [0.25, 0.3) is 0 Å². The molecule has 0 aliphatic rings. The fourth-order valence-corrected chi connectivity index (χ4v) is 2.23. The summed E-state index contributed by atoms with van der Waals surface area (Å²) in [7, 11) is 0. The van der Waals surface area contributed by atoms with Crippen molar-refractivity contribution < 1.29 is 4.79 Å². The van der Waals surface area contributed by atoms with Crippen LogP contribution >= 0.6 is 0 Å². The Hall–Kier alpha value is -1.89. The van der Waals surface area contributed by atoms with Crippen LogP contribution in [0.15, 0.2) is 48.5 Å². The Morgan fingerprint density at radius 3 is 2.47 bits per heavy atom. The molecule has 0 heterocycles. The molecule has 0 bridgehead atoms. The van der Waals surface area contributed by atoms with Gasteiger partial charge < -0.3 is 0 Å². The number of hydrogen-bond acceptors (Lipinski definition) is 1. The standard InChI is InChI=1S/C18H20O/c1-3-15-7-5-9-17(13-15)18(19)11-10-16-8-4-6-14(2)12-16/h4-9,12-13H,3,10-11H2,1-2H3. The Morgan fingerprint density at radius 2 is 1.74 bits per heavy atom. The molecule has 0 N–H and O–H groups in total. The first-order chi connectivity index (χ1) is 9.19. The summed E-state index contributed by atoms with van der Waals surface area (Å²) in [6.45, 7) is 4.19. The summed E-state index contributed by atoms with van der Waals surface area (Å²) < 4.78 is 0. The first-order valence-electron chi connectivity index (χ1n) is 6.86. The second kappa shape index (κ2) is 6.33. The third-order valence-corrected chi connectivity index (χ3v) is 3.38. The molecule has 1 nitrogen and oxygen atoms in total. The molecule has 0 saturated carbocycles. The van der Waals surface area contributed by atoms with Gasteiger partial charge >= 0.3 is 0 Å². The van der Waals surface area contributed by atoms with Crippen LogP contribution in [-0.2, 0) is 12.8 Å². The second-order valence-corrected chi connectivity index (χ2v) is 4.97. The van der Waals surface area contributed by atoms with Gasteiger partial charge in [0.1, 0.15) is 0 Å². The molecule has 0 fully saturated rings. The number of ketones is 1. The van der Waals surface area contributed by atoms with Crippen LogP contribution in [0.3, 0.4) is 0 Å². The highest BCUT2D eigenvalue weighted by Gasteiger charge is 2.06. The highest BCUT2D eigenvalue weighted by molar-refractivity contribution is 5.96. The monoisotopic (exact) mass is 252 g/mol. The molecular formula is C18H20O. The first kappa shape index (κ1) is 13.5. The predicted molar refractivity (Wildman–Crippen MR) is 79.7 cm³/mol. The van der Waals surface area contributed by atoms with Crippen molar-refractivity contribution in [2.24, 2.45) is 0 Å². The maximum atomic E-state index is 12.2. The Bertz CT molecular complexity index is 569. The molecule has 0 aliphatic heterocycles. The van der Waals surface area contributed by atoms with Crippen molar-refractivity contribution in [1.82, 2.24) is 0 Å². The summed E-state index contributed by atoms with van der Waals surface area (Å²) in [5, 5.41) is 0. The SMILES string of the molecule is CCc1cccc(C(=O)CCc2cccc(C)c2)c1. The number of carbonyl (C=O) groups excluding carboxylic acids is 1. The average Bonchev–Trinajstić information content (AvgIpc) is 2.45. The van der Waals surface area contributed by atoms with Gasteiger partial charge in [0.15, 0.2) is 5.78 Å². The lowest BCUT2D eigenvalue weighted by Gasteiger charge is -2.04. The lowest BCUT2D eigenvalue weighted by molar-refractivity contribution is 0.0982. The van der Waals surface area contributed by atoms with Crippen molar-refractivity contribution in [3.63, 3.8) is 0 Å². The van der Waals surface area contributed by atoms with E-state index in [2.05, 4.69) is 38.1 Å². The fourth-order valence-electron chi connectivity index (χ4n) is 2.23. The molecule has 0 amide bonds. The van der Waals surface area contributed by atoms with Gasteiger partial charge in [0.2, 0.25) is 0 Å². The Morgan fingerprint density at radius 1 is 1.00 bits per heavy atom. The van der Waals surface area contributed by atoms with Crippen molar-refractivity contribution in [2.75, 3.05) is 0 Å². The number of aryl methyl sites for hydroxylation is 3. The van der Waals surface area contributed by atoms with Gasteiger partial charge in [-0.3, -0.25) is 4.79 Å². The molecule has 0 saturated heterocycles. The summed E-state index contributed by atoms with van der Waals surface area (Å²) in [6.07, 6.45) is 2.37. The topological polar surface area (TPSA) is 17.1 Å². The number of benzene rings is 2. The third-order valence-electron chi connectivity index (χ3n) is 3.38. The molecule has 2 rings (SSSR count). The molecule has 19 heavy (non-hydrogen) atoms. The maximum Gasteiger partial charge on any atom is 0.163 e. The van der Waals surface area contributed by atoms with E-state index >= 15 is 0 Å². The zero-order valence-electron chi connectivity index (χ0n) is 11.6. The normalized spacial score (nSPS) is 10.4. The van der Waals surface area contributed by atoms with E-state index in [9.17, 15) is 4.79 Å². The van der Waals surface area contributed by atoms with Crippen molar-refractivity contribution in [1.29, 1.82) is 0 Å². The molecule has 0 aliphatic carbocycles. The maximum absolute atomic E-state index is 12.2. The lowest BCUT2D eigenvalue weighted by Crippen LogP contribution is -2.02. The largest absolute Gasteiger partial charge is 0.294 e. The van der Waals surface area contributed by atoms with Gasteiger partial charge in [0.05, 0.1) is 0 Å². The van der Waals surface area contributed by atoms with Crippen LogP contribution in [-0.4, -0.2) is 5.78 Å². The molecule has 0 aromatic heterocycles. The van der Waals surface area contributed by atoms with Crippen LogP contribution in [0.4, 0.5) is 0 Å². The average molecular weight is 252 g/mol. The van der Waals surface area contributed by atoms with Gasteiger partial charge in [-0.1, -0.05) is 55.0 Å². The second-order valence-electron chi connectivity index (χ2n) is 4.97. The molecule has 0 atom stereocenters. The summed E-state index contributed by atoms with van der Waals surface area (Å²) >= 11 is 0. The van der Waals surface area contributed by atoms with Crippen LogP contribution in [0.1, 0.15) is 40.4 Å². The van der Waals surface area contributed by atoms with E-state index < -0.39 is 0 Å². The van der Waals surface area contributed by atoms with Gasteiger partial charge in [-0.2, -0.15) is 0 Å². The van der Waals surface area contributed by atoms with Gasteiger partial charge in [-0.25, -0.2) is 0 Å². The summed E-state index contributed by atoms with van der Waals surface area (Å²) in [4.78, 5) is 12.2. The van der Waals surface area contributed by atoms with E-state index in [0.717, 1.165) is 18.4 Å². The van der Waals surface area contributed by atoms with Crippen LogP contribution in [0.2, 0.25) is 0 Å². The Balaban J connectivity index is 2.01. The van der Waals surface area contributed by atoms with Gasteiger partial charge in [-0.05, 0) is 37.0 Å². The minimum absolute atomic E-state index is 0.233. The van der Waals surface area contributed by atoms with Crippen LogP contribution in [0, 0.1) is 6.92 Å². The molecule has 2 aromatic carbocycles. The van der Waals surface area contributed by atoms with E-state index in [4.69, 9.17) is 0 Å². The summed E-state index contributed by atoms with van der Waals surface area (Å²) in [6, 6.07) is 16.3. The van der Waals surface area contributed by atoms with Crippen LogP contribution in [0.5, 0.6) is 0 Å². The highest BCUT2D eigenvalue weighted by Crippen LogP contribution is 2.12. The van der Waals surface area contributed by atoms with E-state index in [0.29, 0.717) is 6.42 Å². The van der Waals surface area contributed by atoms with E-state index in [1.165, 1.54) is 16.7 Å². The van der Waals surface area contributed by atoms with Crippen LogP contribution < -0.4 is 0 Å². The first-order valence-corrected chi connectivity index (χ1v) is 6.86. The highest BCUT2D eigenvalue weighted by atomic mass is 16.1. The Kier molecular flexibility index (Phi) is 4.51. The molecule has 0 unspecified atom stereocenters. The summed E-state index contributed by atoms with van der Waals surface area (Å²) in [5.41, 5.74) is 4.55. The number of hydrogen-bond donors (Lipinski definition) is 0. The van der Waals surface area contributed by atoms with Crippen molar-refractivity contribution in [3.05, 3.63) is 70.8 Å². The molecule has 98 valence electrons. The smallest absolute Gasteiger partial charge is 0.163 e. The van der Waals surface area contributed by atoms with Crippen molar-refractivity contribution >= 4 is 5.78 Å². The van der Waals surface area contributed by atoms with Crippen molar-refractivity contribution in [2.45, 2.75) is 33.1 Å². The minimum atomic E-state index is 0.233. The van der Waals surface area contributed by atoms with Crippen molar-refractivity contribution in [3.8, 4) is 0 Å². The molecule has 0 spiro atoms. The molecule has 0 radical (unpaired) electrons. The summed E-state index contributed by atoms with van der Waals surface area (Å²) in [5.74, 6) is 0.233. The molecular weight excluding hydrogens is 232 g/mol. The molecule has 1 heteroatoms. The quantitative estimate of drug-likeness (QED) is 0.722. The lowest BCUT2D eigenvalue weighted by atomic mass is 10.00. The number of rotatable bonds is 5. The van der Waals surface area contributed by atoms with Crippen LogP contribution in [0.25, 0.3) is 0 Å². The minimum Gasteiger partial charge on any atom is -0.294 e.